The van der Waals surface area contributed by atoms with Crippen LogP contribution in [0.25, 0.3) is 81.8 Å². The van der Waals surface area contributed by atoms with Crippen LogP contribution in [0.4, 0.5) is 0 Å². The quantitative estimate of drug-likeness (QED) is 0.202. The van der Waals surface area contributed by atoms with Gasteiger partial charge in [0.15, 0.2) is 0 Å². The van der Waals surface area contributed by atoms with Gasteiger partial charge in [0, 0.05) is 48.9 Å². The van der Waals surface area contributed by atoms with Crippen molar-refractivity contribution in [3.05, 3.63) is 103 Å². The summed E-state index contributed by atoms with van der Waals surface area (Å²) in [5, 5.41) is 10.8. The van der Waals surface area contributed by atoms with Crippen molar-refractivity contribution in [3.63, 3.8) is 0 Å². The number of benzene rings is 6. The number of rotatable bonds is 0. The summed E-state index contributed by atoms with van der Waals surface area (Å²) in [5.41, 5.74) is 13.9. The Morgan fingerprint density at radius 3 is 2.13 bits per heavy atom. The standard InChI is InChI=1S/C35H19BN2/c1-18-15-27-24-11-4-10-23-26-16-19-7-2-3-8-20(19)17-29(26)38(33(23)24)36-28-14-6-12-22-21-9-5-13-25-30(18)35(31(27)36)37(32(21)25)34(22)28/h2-17H,1H3. The van der Waals surface area contributed by atoms with Gasteiger partial charge in [0.2, 0.25) is 0 Å². The first kappa shape index (κ1) is 18.5. The topological polar surface area (TPSA) is 9.34 Å². The lowest BCUT2D eigenvalue weighted by atomic mass is 9.46. The maximum Gasteiger partial charge on any atom is 0.333 e. The highest BCUT2D eigenvalue weighted by Gasteiger charge is 2.41. The number of fused-ring (bicyclic) bond motifs is 9. The van der Waals surface area contributed by atoms with Crippen LogP contribution in [0.15, 0.2) is 97.1 Å². The van der Waals surface area contributed by atoms with E-state index < -0.39 is 0 Å². The highest BCUT2D eigenvalue weighted by molar-refractivity contribution is 6.91. The summed E-state index contributed by atoms with van der Waals surface area (Å²) in [5.74, 6) is 0. The van der Waals surface area contributed by atoms with E-state index in [4.69, 9.17) is 0 Å². The largest absolute Gasteiger partial charge is 0.375 e. The number of aryl methyl sites for hydroxylation is 1. The molecule has 0 spiro atoms. The highest BCUT2D eigenvalue weighted by atomic mass is 15.0. The van der Waals surface area contributed by atoms with Crippen LogP contribution in [0, 0.1) is 6.92 Å². The van der Waals surface area contributed by atoms with Gasteiger partial charge in [-0.05, 0) is 51.9 Å². The predicted molar refractivity (Wildman–Crippen MR) is 162 cm³/mol. The molecule has 2 aliphatic rings. The fourth-order valence-electron chi connectivity index (χ4n) is 8.37. The lowest BCUT2D eigenvalue weighted by molar-refractivity contribution is 1.30. The monoisotopic (exact) mass is 478 g/mol. The Morgan fingerprint density at radius 2 is 1.26 bits per heavy atom. The number of aromatic nitrogens is 2. The molecule has 0 radical (unpaired) electrons. The third-order valence-electron chi connectivity index (χ3n) is 9.68. The average molecular weight is 478 g/mol. The molecule has 2 aliphatic heterocycles. The smallest absolute Gasteiger partial charge is 0.333 e. The average Bonchev–Trinajstić information content (AvgIpc) is 3.59. The zero-order valence-corrected chi connectivity index (χ0v) is 20.7. The van der Waals surface area contributed by atoms with Crippen LogP contribution in [0.1, 0.15) is 5.56 Å². The molecule has 2 nitrogen and oxygen atoms in total. The molecule has 172 valence electrons. The molecule has 0 saturated carbocycles. The van der Waals surface area contributed by atoms with Crippen molar-refractivity contribution in [2.24, 2.45) is 0 Å². The molecule has 9 aromatic rings. The van der Waals surface area contributed by atoms with E-state index in [0.717, 1.165) is 0 Å². The molecular formula is C35H19BN2. The molecule has 0 unspecified atom stereocenters. The Kier molecular flexibility index (Phi) is 2.78. The lowest BCUT2D eigenvalue weighted by Crippen LogP contribution is -2.53. The Bertz CT molecular complexity index is 2580. The van der Waals surface area contributed by atoms with Crippen LogP contribution in [0.2, 0.25) is 0 Å². The van der Waals surface area contributed by atoms with Crippen LogP contribution in [-0.2, 0) is 0 Å². The maximum atomic E-state index is 2.68. The number of para-hydroxylation sites is 3. The Morgan fingerprint density at radius 1 is 0.553 bits per heavy atom. The first-order valence-electron chi connectivity index (χ1n) is 13.5. The summed E-state index contributed by atoms with van der Waals surface area (Å²) in [6.07, 6.45) is 0. The van der Waals surface area contributed by atoms with Gasteiger partial charge in [-0.3, -0.25) is 0 Å². The lowest BCUT2D eigenvalue weighted by Gasteiger charge is -2.31. The van der Waals surface area contributed by atoms with Crippen molar-refractivity contribution in [2.45, 2.75) is 6.92 Å². The van der Waals surface area contributed by atoms with Gasteiger partial charge in [-0.25, -0.2) is 0 Å². The van der Waals surface area contributed by atoms with Crippen molar-refractivity contribution in [1.82, 2.24) is 8.88 Å². The second kappa shape index (κ2) is 5.71. The normalized spacial score (nSPS) is 13.9. The van der Waals surface area contributed by atoms with Crippen molar-refractivity contribution in [2.75, 3.05) is 0 Å². The summed E-state index contributed by atoms with van der Waals surface area (Å²) in [6.45, 7) is 2.45. The Balaban J connectivity index is 1.49. The number of nitrogens with zero attached hydrogens (tertiary/aromatic N) is 2. The molecule has 0 fully saturated rings. The molecule has 0 amide bonds. The summed E-state index contributed by atoms with van der Waals surface area (Å²) in [7, 11) is 0. The Hall–Kier alpha value is -4.76. The van der Waals surface area contributed by atoms with E-state index in [0.29, 0.717) is 0 Å². The summed E-state index contributed by atoms with van der Waals surface area (Å²) in [4.78, 5) is 0. The van der Waals surface area contributed by atoms with Gasteiger partial charge >= 0.3 is 6.85 Å². The first-order chi connectivity index (χ1) is 18.8. The molecule has 6 aromatic carbocycles. The second-order valence-corrected chi connectivity index (χ2v) is 11.3. The molecule has 3 heteroatoms. The van der Waals surface area contributed by atoms with Crippen LogP contribution in [0.5, 0.6) is 0 Å². The van der Waals surface area contributed by atoms with Crippen LogP contribution >= 0.6 is 0 Å². The molecule has 0 aliphatic carbocycles. The summed E-state index contributed by atoms with van der Waals surface area (Å²) in [6, 6.07) is 36.9. The molecule has 0 N–H and O–H groups in total. The van der Waals surface area contributed by atoms with E-state index >= 15 is 0 Å². The van der Waals surface area contributed by atoms with Gasteiger partial charge in [-0.2, -0.15) is 0 Å². The molecule has 3 aromatic heterocycles. The van der Waals surface area contributed by atoms with Crippen LogP contribution in [0.3, 0.4) is 0 Å². The van der Waals surface area contributed by atoms with Crippen molar-refractivity contribution >= 4 is 88.4 Å². The number of hydrogen-bond donors (Lipinski definition) is 0. The SMILES string of the molecule is Cc1cc2c3c4c1c1cccc5c6cccc(c6n4c51)B3n1c3cc4ccccc4cc3c3cccc-2c31. The second-order valence-electron chi connectivity index (χ2n) is 11.3. The van der Waals surface area contributed by atoms with Crippen molar-refractivity contribution in [1.29, 1.82) is 0 Å². The Labute approximate surface area is 217 Å². The van der Waals surface area contributed by atoms with Gasteiger partial charge in [0.25, 0.3) is 0 Å². The molecule has 38 heavy (non-hydrogen) atoms. The number of hydrogen-bond acceptors (Lipinski definition) is 0. The van der Waals surface area contributed by atoms with Gasteiger partial charge in [-0.1, -0.05) is 84.9 Å². The zero-order chi connectivity index (χ0) is 24.4. The van der Waals surface area contributed by atoms with E-state index in [1.807, 2.05) is 0 Å². The molecule has 0 saturated heterocycles. The molecule has 5 heterocycles. The van der Waals surface area contributed by atoms with Crippen LogP contribution < -0.4 is 10.9 Å². The van der Waals surface area contributed by atoms with E-state index in [-0.39, 0.29) is 6.85 Å². The van der Waals surface area contributed by atoms with E-state index in [1.54, 1.807) is 0 Å². The van der Waals surface area contributed by atoms with E-state index in [1.165, 1.54) is 98.3 Å². The van der Waals surface area contributed by atoms with Gasteiger partial charge < -0.3 is 8.88 Å². The van der Waals surface area contributed by atoms with Gasteiger partial charge in [-0.15, -0.1) is 0 Å². The predicted octanol–water partition coefficient (Wildman–Crippen LogP) is 7.35. The zero-order valence-electron chi connectivity index (χ0n) is 20.7. The molecule has 0 bridgehead atoms. The van der Waals surface area contributed by atoms with E-state index in [2.05, 4.69) is 113 Å². The molecule has 11 rings (SSSR count). The van der Waals surface area contributed by atoms with Crippen molar-refractivity contribution in [3.8, 4) is 11.1 Å². The third-order valence-corrected chi connectivity index (χ3v) is 9.68. The first-order valence-corrected chi connectivity index (χ1v) is 13.5. The minimum absolute atomic E-state index is 0.143. The third kappa shape index (κ3) is 1.74. The molecule has 0 atom stereocenters. The van der Waals surface area contributed by atoms with E-state index in [9.17, 15) is 0 Å². The maximum absolute atomic E-state index is 2.68. The summed E-state index contributed by atoms with van der Waals surface area (Å²) < 4.78 is 5.29. The minimum Gasteiger partial charge on any atom is -0.375 e. The fraction of sp³-hybridized carbons (Fsp3) is 0.0286. The van der Waals surface area contributed by atoms with Crippen molar-refractivity contribution < 1.29 is 0 Å². The summed E-state index contributed by atoms with van der Waals surface area (Å²) >= 11 is 0. The van der Waals surface area contributed by atoms with Gasteiger partial charge in [0.1, 0.15) is 0 Å². The highest BCUT2D eigenvalue weighted by Crippen LogP contribution is 2.46. The molecular weight excluding hydrogens is 459 g/mol. The van der Waals surface area contributed by atoms with Gasteiger partial charge in [0.05, 0.1) is 16.6 Å². The van der Waals surface area contributed by atoms with Crippen LogP contribution in [-0.4, -0.2) is 15.7 Å². The minimum atomic E-state index is 0.143. The fourth-order valence-corrected chi connectivity index (χ4v) is 8.37.